The number of amides is 2. The van der Waals surface area contributed by atoms with Crippen molar-refractivity contribution in [1.29, 1.82) is 0 Å². The molecule has 3 rings (SSSR count). The van der Waals surface area contributed by atoms with Gasteiger partial charge in [0.15, 0.2) is 0 Å². The first-order valence-corrected chi connectivity index (χ1v) is 10.1. The average molecular weight is 378 g/mol. The molecule has 2 aliphatic heterocycles. The van der Waals surface area contributed by atoms with Crippen molar-refractivity contribution in [2.75, 3.05) is 46.4 Å². The molecule has 0 spiro atoms. The Morgan fingerprint density at radius 1 is 1.15 bits per heavy atom. The summed E-state index contributed by atoms with van der Waals surface area (Å²) in [4.78, 5) is 32.7. The highest BCUT2D eigenvalue weighted by atomic mass is 32.1. The molecule has 26 heavy (non-hydrogen) atoms. The third-order valence-corrected chi connectivity index (χ3v) is 5.60. The number of hydrogen-bond donors (Lipinski definition) is 0. The molecule has 0 bridgehead atoms. The molecule has 0 N–H and O–H groups in total. The quantitative estimate of drug-likeness (QED) is 0.537. The zero-order chi connectivity index (χ0) is 18.7. The average Bonchev–Trinajstić information content (AvgIpc) is 3.20. The predicted octanol–water partition coefficient (Wildman–Crippen LogP) is 1.89. The van der Waals surface area contributed by atoms with Gasteiger partial charge in [-0.05, 0) is 38.8 Å². The molecule has 2 aliphatic rings. The van der Waals surface area contributed by atoms with Crippen molar-refractivity contribution in [3.63, 3.8) is 0 Å². The van der Waals surface area contributed by atoms with Gasteiger partial charge < -0.3 is 14.5 Å². The van der Waals surface area contributed by atoms with Crippen molar-refractivity contribution < 1.29 is 14.3 Å². The predicted molar refractivity (Wildman–Crippen MR) is 103 cm³/mol. The fraction of sp³-hybridized carbons (Fsp3) is 0.579. The number of hydrogen-bond acceptors (Lipinski definition) is 6. The van der Waals surface area contributed by atoms with Crippen molar-refractivity contribution in [1.82, 2.24) is 14.7 Å². The number of ether oxygens (including phenoxy) is 1. The second-order valence-electron chi connectivity index (χ2n) is 7.03. The standard InChI is InChI=1S/C19H27N3O3S/c1-14(2)25-12-5-7-22-18(23)16(15-6-4-13-26-15)17(19(22)24)21-10-8-20(3)9-11-21/h4,6,13-14H,5,7-12H2,1-3H3. The van der Waals surface area contributed by atoms with E-state index < -0.39 is 0 Å². The Morgan fingerprint density at radius 3 is 2.50 bits per heavy atom. The van der Waals surface area contributed by atoms with Crippen LogP contribution in [-0.4, -0.2) is 79.0 Å². The summed E-state index contributed by atoms with van der Waals surface area (Å²) in [6.45, 7) is 8.23. The first-order chi connectivity index (χ1) is 12.5. The first kappa shape index (κ1) is 19.1. The molecule has 0 unspecified atom stereocenters. The highest BCUT2D eigenvalue weighted by molar-refractivity contribution is 7.11. The summed E-state index contributed by atoms with van der Waals surface area (Å²) in [7, 11) is 2.08. The van der Waals surface area contributed by atoms with E-state index in [2.05, 4.69) is 16.8 Å². The van der Waals surface area contributed by atoms with Gasteiger partial charge in [0.05, 0.1) is 11.7 Å². The van der Waals surface area contributed by atoms with Crippen molar-refractivity contribution in [3.05, 3.63) is 28.1 Å². The van der Waals surface area contributed by atoms with Crippen LogP contribution in [0.25, 0.3) is 5.57 Å². The van der Waals surface area contributed by atoms with Crippen LogP contribution >= 0.6 is 11.3 Å². The SMILES string of the molecule is CC(C)OCCCN1C(=O)C(c2cccs2)=C(N2CCN(C)CC2)C1=O. The first-order valence-electron chi connectivity index (χ1n) is 9.18. The number of thiophene rings is 1. The van der Waals surface area contributed by atoms with Crippen molar-refractivity contribution in [3.8, 4) is 0 Å². The summed E-state index contributed by atoms with van der Waals surface area (Å²) in [5.41, 5.74) is 1.15. The van der Waals surface area contributed by atoms with Gasteiger partial charge in [0.2, 0.25) is 0 Å². The fourth-order valence-corrected chi connectivity index (χ4v) is 4.04. The highest BCUT2D eigenvalue weighted by Crippen LogP contribution is 2.34. The molecule has 7 heteroatoms. The van der Waals surface area contributed by atoms with Gasteiger partial charge in [0.25, 0.3) is 11.8 Å². The smallest absolute Gasteiger partial charge is 0.277 e. The van der Waals surface area contributed by atoms with Crippen LogP contribution in [0, 0.1) is 0 Å². The summed E-state index contributed by atoms with van der Waals surface area (Å²) < 4.78 is 5.55. The Bertz CT molecular complexity index is 676. The van der Waals surface area contributed by atoms with Gasteiger partial charge in [-0.1, -0.05) is 6.07 Å². The second-order valence-corrected chi connectivity index (χ2v) is 7.97. The van der Waals surface area contributed by atoms with Crippen LogP contribution in [0.5, 0.6) is 0 Å². The van der Waals surface area contributed by atoms with Crippen molar-refractivity contribution in [2.45, 2.75) is 26.4 Å². The third kappa shape index (κ3) is 4.00. The van der Waals surface area contributed by atoms with Gasteiger partial charge >= 0.3 is 0 Å². The van der Waals surface area contributed by atoms with E-state index in [1.165, 1.54) is 16.2 Å². The minimum Gasteiger partial charge on any atom is -0.379 e. The fourth-order valence-electron chi connectivity index (χ4n) is 3.27. The Morgan fingerprint density at radius 2 is 1.88 bits per heavy atom. The van der Waals surface area contributed by atoms with Crippen molar-refractivity contribution in [2.24, 2.45) is 0 Å². The van der Waals surface area contributed by atoms with Gasteiger partial charge in [-0.25, -0.2) is 0 Å². The van der Waals surface area contributed by atoms with E-state index in [1.54, 1.807) is 0 Å². The number of carbonyl (C=O) groups is 2. The van der Waals surface area contributed by atoms with Crippen LogP contribution < -0.4 is 0 Å². The second kappa shape index (κ2) is 8.33. The lowest BCUT2D eigenvalue weighted by atomic mass is 10.1. The largest absolute Gasteiger partial charge is 0.379 e. The third-order valence-electron chi connectivity index (χ3n) is 4.71. The molecule has 142 valence electrons. The molecule has 0 aliphatic carbocycles. The Hall–Kier alpha value is -1.70. The van der Waals surface area contributed by atoms with Gasteiger partial charge in [-0.3, -0.25) is 14.5 Å². The summed E-state index contributed by atoms with van der Waals surface area (Å²) in [6, 6.07) is 3.85. The van der Waals surface area contributed by atoms with Gasteiger partial charge in [0, 0.05) is 44.2 Å². The number of imide groups is 1. The van der Waals surface area contributed by atoms with Crippen LogP contribution in [0.4, 0.5) is 0 Å². The molecular formula is C19H27N3O3S. The van der Waals surface area contributed by atoms with E-state index in [0.717, 1.165) is 31.1 Å². The summed E-state index contributed by atoms with van der Waals surface area (Å²) in [6.07, 6.45) is 0.810. The van der Waals surface area contributed by atoms with E-state index >= 15 is 0 Å². The molecule has 1 aromatic rings. The Kier molecular flexibility index (Phi) is 6.11. The Balaban J connectivity index is 1.80. The molecule has 1 fully saturated rings. The molecule has 1 saturated heterocycles. The normalized spacial score (nSPS) is 19.4. The lowest BCUT2D eigenvalue weighted by Gasteiger charge is -2.34. The maximum Gasteiger partial charge on any atom is 0.277 e. The van der Waals surface area contributed by atoms with Crippen LogP contribution in [0.2, 0.25) is 0 Å². The monoisotopic (exact) mass is 377 g/mol. The maximum absolute atomic E-state index is 13.1. The highest BCUT2D eigenvalue weighted by Gasteiger charge is 2.42. The number of carbonyl (C=O) groups excluding carboxylic acids is 2. The summed E-state index contributed by atoms with van der Waals surface area (Å²) >= 11 is 1.51. The van der Waals surface area contributed by atoms with E-state index in [4.69, 9.17) is 4.74 Å². The maximum atomic E-state index is 13.1. The molecule has 0 atom stereocenters. The van der Waals surface area contributed by atoms with E-state index in [1.807, 2.05) is 31.4 Å². The minimum atomic E-state index is -0.170. The molecule has 1 aromatic heterocycles. The number of piperazine rings is 1. The zero-order valence-electron chi connectivity index (χ0n) is 15.7. The molecular weight excluding hydrogens is 350 g/mol. The van der Waals surface area contributed by atoms with E-state index in [9.17, 15) is 9.59 Å². The Labute approximate surface area is 159 Å². The minimum absolute atomic E-state index is 0.153. The zero-order valence-corrected chi connectivity index (χ0v) is 16.6. The van der Waals surface area contributed by atoms with Crippen molar-refractivity contribution >= 4 is 28.7 Å². The van der Waals surface area contributed by atoms with E-state index in [0.29, 0.717) is 30.8 Å². The van der Waals surface area contributed by atoms with E-state index in [-0.39, 0.29) is 17.9 Å². The van der Waals surface area contributed by atoms with Gasteiger partial charge in [-0.2, -0.15) is 0 Å². The van der Waals surface area contributed by atoms with Crippen LogP contribution in [0.1, 0.15) is 25.1 Å². The summed E-state index contributed by atoms with van der Waals surface area (Å²) in [5, 5.41) is 1.95. The van der Waals surface area contributed by atoms with Crippen LogP contribution in [-0.2, 0) is 14.3 Å². The van der Waals surface area contributed by atoms with Crippen LogP contribution in [0.15, 0.2) is 23.2 Å². The molecule has 0 saturated carbocycles. The molecule has 6 nitrogen and oxygen atoms in total. The number of rotatable bonds is 7. The molecule has 2 amide bonds. The van der Waals surface area contributed by atoms with Crippen LogP contribution in [0.3, 0.4) is 0 Å². The van der Waals surface area contributed by atoms with Gasteiger partial charge in [-0.15, -0.1) is 11.3 Å². The molecule has 0 radical (unpaired) electrons. The lowest BCUT2D eigenvalue weighted by molar-refractivity contribution is -0.137. The lowest BCUT2D eigenvalue weighted by Crippen LogP contribution is -2.46. The van der Waals surface area contributed by atoms with Gasteiger partial charge in [0.1, 0.15) is 5.70 Å². The topological polar surface area (TPSA) is 53.1 Å². The molecule has 0 aromatic carbocycles. The number of nitrogens with zero attached hydrogens (tertiary/aromatic N) is 3. The summed E-state index contributed by atoms with van der Waals surface area (Å²) in [5.74, 6) is -0.330. The molecule has 3 heterocycles. The number of likely N-dealkylation sites (N-methyl/N-ethyl adjacent to an activating group) is 1.